The van der Waals surface area contributed by atoms with Crippen LogP contribution in [-0.2, 0) is 22.6 Å². The normalized spacial score (nSPS) is 13.4. The van der Waals surface area contributed by atoms with Crippen molar-refractivity contribution in [3.05, 3.63) is 214 Å². The second-order valence-electron chi connectivity index (χ2n) is 21.6. The van der Waals surface area contributed by atoms with Crippen LogP contribution in [0.2, 0.25) is 0 Å². The molecule has 0 atom stereocenters. The van der Waals surface area contributed by atoms with Gasteiger partial charge in [0.1, 0.15) is 11.4 Å². The third-order valence-electron chi connectivity index (χ3n) is 16.3. The molecule has 2 heterocycles. The SMILES string of the molecule is C.CCCCOC(=O)c1cccc2c1-c1ccccc1/C2=N\N=C\c1ccc2c(c1)c1ccccc1n2CCCCCCCCCCn1c2ccccc2c2cc(/C=N/N=C3\c4ccccc4-c4c(C(=O)OCCCC)cccc43)ccc21. The fourth-order valence-corrected chi connectivity index (χ4v) is 12.2. The highest BCUT2D eigenvalue weighted by molar-refractivity contribution is 6.28. The van der Waals surface area contributed by atoms with Gasteiger partial charge in [0.15, 0.2) is 0 Å². The fourth-order valence-electron chi connectivity index (χ4n) is 12.2. The number of carbonyl (C=O) groups is 2. The summed E-state index contributed by atoms with van der Waals surface area (Å²) >= 11 is 0. The minimum Gasteiger partial charge on any atom is -0.462 e. The number of aromatic nitrogens is 2. The van der Waals surface area contributed by atoms with Crippen molar-refractivity contribution >= 4 is 79.4 Å². The Morgan fingerprint density at radius 2 is 0.771 bits per heavy atom. The second-order valence-corrected chi connectivity index (χ2v) is 21.6. The topological polar surface area (TPSA) is 112 Å². The van der Waals surface area contributed by atoms with E-state index in [9.17, 15) is 9.59 Å². The molecule has 0 saturated carbocycles. The van der Waals surface area contributed by atoms with Gasteiger partial charge in [0.05, 0.1) is 36.8 Å². The maximum absolute atomic E-state index is 13.2. The van der Waals surface area contributed by atoms with Gasteiger partial charge in [-0.25, -0.2) is 9.59 Å². The van der Waals surface area contributed by atoms with Crippen LogP contribution in [0.4, 0.5) is 0 Å². The number of para-hydroxylation sites is 2. The van der Waals surface area contributed by atoms with Gasteiger partial charge in [0.2, 0.25) is 0 Å². The Morgan fingerprint density at radius 3 is 1.20 bits per heavy atom. The molecule has 10 nitrogen and oxygen atoms in total. The number of rotatable bonds is 23. The predicted octanol–water partition coefficient (Wildman–Crippen LogP) is 18.0. The van der Waals surface area contributed by atoms with E-state index in [0.717, 1.165) is 119 Å². The molecule has 12 rings (SSSR count). The Kier molecular flexibility index (Phi) is 17.4. The summed E-state index contributed by atoms with van der Waals surface area (Å²) in [6.07, 6.45) is 16.9. The van der Waals surface area contributed by atoms with E-state index in [4.69, 9.17) is 19.7 Å². The van der Waals surface area contributed by atoms with Crippen LogP contribution in [0, 0.1) is 0 Å². The fraction of sp³-hybridized carbons (Fsp3) is 0.260. The summed E-state index contributed by atoms with van der Waals surface area (Å²) in [5.41, 5.74) is 16.9. The van der Waals surface area contributed by atoms with E-state index >= 15 is 0 Å². The van der Waals surface area contributed by atoms with Crippen LogP contribution >= 0.6 is 0 Å². The number of fused-ring (bicyclic) bond motifs is 12. The van der Waals surface area contributed by atoms with Crippen molar-refractivity contribution in [1.82, 2.24) is 9.13 Å². The van der Waals surface area contributed by atoms with Crippen LogP contribution in [0.1, 0.15) is 152 Å². The van der Waals surface area contributed by atoms with E-state index in [2.05, 4.69) is 118 Å². The number of hydrogen-bond acceptors (Lipinski definition) is 8. The van der Waals surface area contributed by atoms with Crippen LogP contribution in [0.3, 0.4) is 0 Å². The van der Waals surface area contributed by atoms with Crippen molar-refractivity contribution in [2.75, 3.05) is 13.2 Å². The molecule has 10 heteroatoms. The zero-order valence-corrected chi connectivity index (χ0v) is 47.0. The molecule has 0 bridgehead atoms. The average molecular weight is 1100 g/mol. The molecule has 0 spiro atoms. The molecular weight excluding hydrogens is 1020 g/mol. The Balaban J connectivity index is 0.00000721. The lowest BCUT2D eigenvalue weighted by atomic mass is 9.99. The van der Waals surface area contributed by atoms with Gasteiger partial charge in [-0.1, -0.05) is 194 Å². The third-order valence-corrected chi connectivity index (χ3v) is 16.3. The number of ether oxygens (including phenoxy) is 2. The standard InChI is InChI=1S/C72H68N6O4.CH4/c1-3-5-43-81-71(79)59-33-23-31-57-67(59)53-27-13-15-29-55(53)69(57)75-73-47-49-37-39-65-61(45-49)51-25-17-19-35-63(51)77(65)41-21-11-9-7-8-10-12-22-42-78-64-36-20-18-26-52(64)62-46-50(38-40-66(62)78)48-74-76-70-56-30-16-14-28-54(56)68-58(70)32-24-34-60(68)72(80)82-44-6-4-2;/h13-20,23-40,45-48H,3-12,21-22,41-44H2,1-2H3;1H4/b73-47+,74-48+,75-69+,76-70+;. The number of nitrogens with zero attached hydrogens (tertiary/aromatic N) is 6. The molecule has 418 valence electrons. The molecule has 83 heavy (non-hydrogen) atoms. The number of esters is 2. The molecule has 0 unspecified atom stereocenters. The molecular formula is C73H72N6O4. The summed E-state index contributed by atoms with van der Waals surface area (Å²) in [5, 5.41) is 23.8. The van der Waals surface area contributed by atoms with E-state index in [1.165, 1.54) is 82.1 Å². The highest BCUT2D eigenvalue weighted by atomic mass is 16.5. The lowest BCUT2D eigenvalue weighted by Crippen LogP contribution is -2.08. The monoisotopic (exact) mass is 1100 g/mol. The number of benzene rings is 8. The van der Waals surface area contributed by atoms with E-state index in [0.29, 0.717) is 24.3 Å². The first-order chi connectivity index (χ1) is 40.5. The summed E-state index contributed by atoms with van der Waals surface area (Å²) in [6, 6.07) is 58.3. The Hall–Kier alpha value is -9.02. The van der Waals surface area contributed by atoms with Gasteiger partial charge in [0, 0.05) is 90.1 Å². The summed E-state index contributed by atoms with van der Waals surface area (Å²) in [7, 11) is 0. The molecule has 0 radical (unpaired) electrons. The molecule has 8 aromatic carbocycles. The van der Waals surface area contributed by atoms with Crippen molar-refractivity contribution < 1.29 is 19.1 Å². The van der Waals surface area contributed by atoms with Gasteiger partial charge >= 0.3 is 11.9 Å². The molecule has 2 aliphatic carbocycles. The van der Waals surface area contributed by atoms with Crippen molar-refractivity contribution in [3.8, 4) is 22.3 Å². The predicted molar refractivity (Wildman–Crippen MR) is 343 cm³/mol. The minimum absolute atomic E-state index is 0. The number of hydrogen-bond donors (Lipinski definition) is 0. The van der Waals surface area contributed by atoms with Gasteiger partial charge in [-0.05, 0) is 96.5 Å². The van der Waals surface area contributed by atoms with Gasteiger partial charge in [-0.3, -0.25) is 0 Å². The van der Waals surface area contributed by atoms with E-state index in [-0.39, 0.29) is 19.4 Å². The largest absolute Gasteiger partial charge is 0.462 e. The maximum atomic E-state index is 13.2. The van der Waals surface area contributed by atoms with Crippen molar-refractivity contribution in [3.63, 3.8) is 0 Å². The Labute approximate surface area is 486 Å². The third kappa shape index (κ3) is 11.4. The van der Waals surface area contributed by atoms with Gasteiger partial charge in [0.25, 0.3) is 0 Å². The zero-order valence-electron chi connectivity index (χ0n) is 47.0. The van der Waals surface area contributed by atoms with Crippen LogP contribution in [-0.4, -0.2) is 58.1 Å². The lowest BCUT2D eigenvalue weighted by molar-refractivity contribution is 0.0491. The van der Waals surface area contributed by atoms with Crippen molar-refractivity contribution in [2.45, 2.75) is 111 Å². The van der Waals surface area contributed by atoms with Crippen molar-refractivity contribution in [1.29, 1.82) is 0 Å². The number of aryl methyl sites for hydroxylation is 2. The summed E-state index contributed by atoms with van der Waals surface area (Å²) in [6.45, 7) is 6.94. The molecule has 2 aliphatic rings. The van der Waals surface area contributed by atoms with Crippen LogP contribution in [0.25, 0.3) is 65.9 Å². The van der Waals surface area contributed by atoms with E-state index in [1.54, 1.807) is 0 Å². The summed E-state index contributed by atoms with van der Waals surface area (Å²) < 4.78 is 16.3. The van der Waals surface area contributed by atoms with Crippen molar-refractivity contribution in [2.24, 2.45) is 20.4 Å². The van der Waals surface area contributed by atoms with E-state index in [1.807, 2.05) is 97.4 Å². The second kappa shape index (κ2) is 25.8. The maximum Gasteiger partial charge on any atom is 0.338 e. The van der Waals surface area contributed by atoms with Crippen LogP contribution in [0.5, 0.6) is 0 Å². The van der Waals surface area contributed by atoms with Crippen LogP contribution < -0.4 is 0 Å². The molecule has 0 amide bonds. The number of carbonyl (C=O) groups excluding carboxylic acids is 2. The molecule has 0 fully saturated rings. The first-order valence-corrected chi connectivity index (χ1v) is 29.5. The molecule has 0 N–H and O–H groups in total. The van der Waals surface area contributed by atoms with Gasteiger partial charge in [-0.15, -0.1) is 10.2 Å². The zero-order chi connectivity index (χ0) is 55.8. The lowest BCUT2D eigenvalue weighted by Gasteiger charge is -2.09. The Morgan fingerprint density at radius 1 is 0.398 bits per heavy atom. The molecule has 0 saturated heterocycles. The molecule has 0 aliphatic heterocycles. The Bertz CT molecular complexity index is 3890. The molecule has 2 aromatic heterocycles. The highest BCUT2D eigenvalue weighted by Crippen LogP contribution is 2.42. The summed E-state index contributed by atoms with van der Waals surface area (Å²) in [5.74, 6) is -0.610. The van der Waals surface area contributed by atoms with E-state index < -0.39 is 0 Å². The quantitative estimate of drug-likeness (QED) is 0.0275. The highest BCUT2D eigenvalue weighted by Gasteiger charge is 2.31. The first kappa shape index (κ1) is 55.9. The van der Waals surface area contributed by atoms with Gasteiger partial charge in [-0.2, -0.15) is 10.2 Å². The summed E-state index contributed by atoms with van der Waals surface area (Å²) in [4.78, 5) is 26.4. The molecule has 10 aromatic rings. The number of unbranched alkanes of at least 4 members (excludes halogenated alkanes) is 9. The minimum atomic E-state index is -0.305. The average Bonchev–Trinajstić information content (AvgIpc) is 4.15. The smallest absolute Gasteiger partial charge is 0.338 e. The van der Waals surface area contributed by atoms with Gasteiger partial charge < -0.3 is 18.6 Å². The van der Waals surface area contributed by atoms with Crippen LogP contribution in [0.15, 0.2) is 190 Å². The first-order valence-electron chi connectivity index (χ1n) is 29.5.